The third kappa shape index (κ3) is 13.1. The van der Waals surface area contributed by atoms with Gasteiger partial charge in [0.1, 0.15) is 33.7 Å². The van der Waals surface area contributed by atoms with E-state index in [4.69, 9.17) is 17.5 Å². The van der Waals surface area contributed by atoms with E-state index in [-0.39, 0.29) is 17.0 Å². The molecule has 0 saturated carbocycles. The molecule has 0 radical (unpaired) electrons. The number of thiophene rings is 2. The molecule has 0 N–H and O–H groups in total. The van der Waals surface area contributed by atoms with Crippen molar-refractivity contribution in [1.29, 1.82) is 0 Å². The molecule has 85 heavy (non-hydrogen) atoms. The van der Waals surface area contributed by atoms with Crippen molar-refractivity contribution in [3.8, 4) is 75.1 Å². The van der Waals surface area contributed by atoms with Crippen LogP contribution in [-0.4, -0.2) is 17.5 Å². The normalized spacial score (nSPS) is 13.5. The van der Waals surface area contributed by atoms with Gasteiger partial charge in [-0.1, -0.05) is 217 Å². The minimum Gasteiger partial charge on any atom is -0.206 e. The summed E-state index contributed by atoms with van der Waals surface area (Å²) in [7, 11) is 0. The van der Waals surface area contributed by atoms with Gasteiger partial charge in [-0.3, -0.25) is 0 Å². The number of hydrogen-bond donors (Lipinski definition) is 0. The summed E-state index contributed by atoms with van der Waals surface area (Å²) in [5.41, 5.74) is 18.9. The molecular formula is C75H84F2N4S4. The fourth-order valence-electron chi connectivity index (χ4n) is 13.7. The quantitative estimate of drug-likeness (QED) is 0.0421. The maximum Gasteiger partial charge on any atom is 0.132 e. The number of aromatic nitrogens is 4. The Morgan fingerprint density at radius 1 is 0.365 bits per heavy atom. The van der Waals surface area contributed by atoms with E-state index in [9.17, 15) is 0 Å². The van der Waals surface area contributed by atoms with Gasteiger partial charge in [0.25, 0.3) is 0 Å². The molecule has 0 aliphatic heterocycles. The van der Waals surface area contributed by atoms with Crippen molar-refractivity contribution >= 4 is 68.2 Å². The molecule has 0 fully saturated rings. The van der Waals surface area contributed by atoms with Crippen LogP contribution in [0.15, 0.2) is 121 Å². The minimum atomic E-state index is -0.183. The van der Waals surface area contributed by atoms with E-state index in [2.05, 4.69) is 139 Å². The first-order valence-electron chi connectivity index (χ1n) is 32.3. The summed E-state index contributed by atoms with van der Waals surface area (Å²) in [5, 5.41) is 0. The average Bonchev–Trinajstić information content (AvgIpc) is 1.71. The predicted molar refractivity (Wildman–Crippen MR) is 364 cm³/mol. The van der Waals surface area contributed by atoms with E-state index in [0.29, 0.717) is 23.0 Å². The van der Waals surface area contributed by atoms with Crippen molar-refractivity contribution in [1.82, 2.24) is 17.5 Å². The number of halogens is 2. The highest BCUT2D eigenvalue weighted by Gasteiger charge is 2.43. The highest BCUT2D eigenvalue weighted by atomic mass is 32.1. The van der Waals surface area contributed by atoms with Crippen LogP contribution in [0.3, 0.4) is 0 Å². The second-order valence-electron chi connectivity index (χ2n) is 24.3. The lowest BCUT2D eigenvalue weighted by atomic mass is 9.70. The van der Waals surface area contributed by atoms with Crippen molar-refractivity contribution in [3.63, 3.8) is 0 Å². The lowest BCUT2D eigenvalue weighted by Crippen LogP contribution is -2.25. The second kappa shape index (κ2) is 28.4. The van der Waals surface area contributed by atoms with Crippen molar-refractivity contribution < 1.29 is 8.78 Å². The van der Waals surface area contributed by atoms with Crippen molar-refractivity contribution in [2.75, 3.05) is 0 Å². The zero-order valence-corrected chi connectivity index (χ0v) is 54.2. The summed E-state index contributed by atoms with van der Waals surface area (Å²) in [6.45, 7) is 13.7. The van der Waals surface area contributed by atoms with Crippen LogP contribution >= 0.6 is 46.1 Å². The number of nitrogens with zero attached hydrogens (tertiary/aromatic N) is 4. The molecule has 0 spiro atoms. The molecule has 11 rings (SSSR count). The summed E-state index contributed by atoms with van der Waals surface area (Å²) >= 11 is 5.78. The Labute approximate surface area is 521 Å². The molecule has 1 aliphatic carbocycles. The molecular weight excluding hydrogens is 1120 g/mol. The van der Waals surface area contributed by atoms with Gasteiger partial charge >= 0.3 is 0 Å². The third-order valence-corrected chi connectivity index (χ3v) is 22.2. The van der Waals surface area contributed by atoms with Crippen LogP contribution in [0.1, 0.15) is 192 Å². The van der Waals surface area contributed by atoms with E-state index in [1.165, 1.54) is 136 Å². The highest BCUT2D eigenvalue weighted by Crippen LogP contribution is 2.57. The van der Waals surface area contributed by atoms with E-state index in [0.717, 1.165) is 137 Å². The van der Waals surface area contributed by atoms with Gasteiger partial charge in [0, 0.05) is 58.3 Å². The van der Waals surface area contributed by atoms with E-state index in [1.54, 1.807) is 34.8 Å². The van der Waals surface area contributed by atoms with Crippen molar-refractivity contribution in [3.05, 3.63) is 155 Å². The number of aryl methyl sites for hydroxylation is 2. The fourth-order valence-corrected chi connectivity index (χ4v) is 17.0. The van der Waals surface area contributed by atoms with Gasteiger partial charge < -0.3 is 0 Å². The largest absolute Gasteiger partial charge is 0.206 e. The maximum absolute atomic E-state index is 15.9. The number of fused-ring (bicyclic) bond motifs is 5. The van der Waals surface area contributed by atoms with Gasteiger partial charge in [0.05, 0.1) is 23.5 Å². The molecule has 442 valence electrons. The summed E-state index contributed by atoms with van der Waals surface area (Å²) in [4.78, 5) is 3.96. The number of unbranched alkanes of at least 4 members (excludes halogenated alkanes) is 8. The lowest BCUT2D eigenvalue weighted by Gasteiger charge is -2.33. The number of rotatable bonds is 30. The zero-order chi connectivity index (χ0) is 58.9. The molecule has 10 heteroatoms. The summed E-state index contributed by atoms with van der Waals surface area (Å²) < 4.78 is 51.8. The van der Waals surface area contributed by atoms with Crippen LogP contribution in [0, 0.1) is 23.5 Å². The predicted octanol–water partition coefficient (Wildman–Crippen LogP) is 24.6. The van der Waals surface area contributed by atoms with Gasteiger partial charge in [0.15, 0.2) is 0 Å². The smallest absolute Gasteiger partial charge is 0.132 e. The first kappa shape index (κ1) is 60.9. The molecule has 4 heterocycles. The van der Waals surface area contributed by atoms with E-state index in [1.807, 2.05) is 12.1 Å². The van der Waals surface area contributed by atoms with Crippen LogP contribution in [-0.2, 0) is 18.3 Å². The molecule has 2 unspecified atom stereocenters. The van der Waals surface area contributed by atoms with Crippen LogP contribution < -0.4 is 0 Å². The second-order valence-corrected chi connectivity index (χ2v) is 27.6. The molecule has 0 bridgehead atoms. The van der Waals surface area contributed by atoms with Crippen LogP contribution in [0.25, 0.3) is 97.2 Å². The topological polar surface area (TPSA) is 51.6 Å². The first-order valence-corrected chi connectivity index (χ1v) is 35.4. The van der Waals surface area contributed by atoms with Gasteiger partial charge in [-0.2, -0.15) is 17.5 Å². The van der Waals surface area contributed by atoms with Crippen LogP contribution in [0.5, 0.6) is 0 Å². The van der Waals surface area contributed by atoms with Crippen LogP contribution in [0.4, 0.5) is 8.78 Å². The third-order valence-electron chi connectivity index (χ3n) is 18.8. The Balaban J connectivity index is 0.896. The first-order chi connectivity index (χ1) is 41.7. The van der Waals surface area contributed by atoms with Crippen molar-refractivity contribution in [2.45, 2.75) is 188 Å². The molecule has 0 amide bonds. The molecule has 4 nitrogen and oxygen atoms in total. The zero-order valence-electron chi connectivity index (χ0n) is 50.9. The van der Waals surface area contributed by atoms with Gasteiger partial charge in [-0.05, 0) is 143 Å². The van der Waals surface area contributed by atoms with E-state index >= 15 is 8.78 Å². The summed E-state index contributed by atoms with van der Waals surface area (Å²) in [5.74, 6) is 1.09. The SMILES string of the molecule is CCCCCCC1(CCCCCC)c2cc(-c3ccc(-c4ccc(-c5ccc(CCC(CC)CCCC)cc5F)s4)c4nsnc34)ccc2-c2ccc(-c3ccc(-c4ccc(-c5ccc(CCC(CC)CCCC)cc5F)s4)c4nsnc34)cc21. The Hall–Kier alpha value is -5.78. The molecule has 0 saturated heterocycles. The number of benzene rings is 6. The van der Waals surface area contributed by atoms with Crippen molar-refractivity contribution in [2.24, 2.45) is 11.8 Å². The Morgan fingerprint density at radius 2 is 0.729 bits per heavy atom. The Kier molecular flexibility index (Phi) is 20.3. The molecule has 10 aromatic rings. The Morgan fingerprint density at radius 3 is 1.12 bits per heavy atom. The standard InChI is InChI=1S/C75H84F2N4S4/c1-7-13-17-19-43-75(44-20-18-14-8-2)63-47-53(55-35-37-61(73-71(55)78-84-80-73)69-41-39-67(82-69)59-31-27-51(45-65(59)76)25-23-49(11-5)21-15-9-3)29-33-57(63)58-34-30-54(48-64(58)75)56-36-38-62(74-72(56)79-85-81-74)70-42-40-68(83-70)60-32-28-52(46-66(60)77)26-24-50(12-6)22-16-10-4/h27-42,45-50H,7-26,43-44H2,1-6H3. The lowest BCUT2D eigenvalue weighted by molar-refractivity contribution is 0.401. The van der Waals surface area contributed by atoms with Gasteiger partial charge in [0.2, 0.25) is 0 Å². The average molecular weight is 1210 g/mol. The fraction of sp³-hybridized carbons (Fsp3) is 0.413. The van der Waals surface area contributed by atoms with E-state index < -0.39 is 0 Å². The summed E-state index contributed by atoms with van der Waals surface area (Å²) in [6, 6.07) is 43.4. The maximum atomic E-state index is 15.9. The highest BCUT2D eigenvalue weighted by molar-refractivity contribution is 7.19. The monoisotopic (exact) mass is 1210 g/mol. The van der Waals surface area contributed by atoms with Crippen LogP contribution in [0.2, 0.25) is 0 Å². The molecule has 6 aromatic carbocycles. The van der Waals surface area contributed by atoms with Gasteiger partial charge in [-0.25, -0.2) is 8.78 Å². The molecule has 4 aromatic heterocycles. The Bertz CT molecular complexity index is 3610. The summed E-state index contributed by atoms with van der Waals surface area (Å²) in [6.07, 6.45) is 25.6. The molecule has 1 aliphatic rings. The van der Waals surface area contributed by atoms with Gasteiger partial charge in [-0.15, -0.1) is 22.7 Å². The molecule has 2 atom stereocenters. The number of hydrogen-bond acceptors (Lipinski definition) is 8. The minimum absolute atomic E-state index is 0.150.